The molecule has 32 heavy (non-hydrogen) atoms. The lowest BCUT2D eigenvalue weighted by Gasteiger charge is -2.12. The van der Waals surface area contributed by atoms with Gasteiger partial charge in [-0.25, -0.2) is 4.79 Å². The van der Waals surface area contributed by atoms with Crippen molar-refractivity contribution >= 4 is 40.9 Å². The molecule has 0 unspecified atom stereocenters. The average molecular weight is 466 g/mol. The van der Waals surface area contributed by atoms with Crippen LogP contribution >= 0.6 is 11.6 Å². The Balaban J connectivity index is 1.74. The van der Waals surface area contributed by atoms with Crippen molar-refractivity contribution in [1.82, 2.24) is 20.2 Å². The Morgan fingerprint density at radius 2 is 1.91 bits per heavy atom. The summed E-state index contributed by atoms with van der Waals surface area (Å²) in [4.78, 5) is 24.8. The van der Waals surface area contributed by atoms with Crippen LogP contribution in [0.4, 0.5) is 18.9 Å². The first-order chi connectivity index (χ1) is 15.1. The molecule has 3 aromatic rings. The Labute approximate surface area is 184 Å². The number of nitrogens with zero attached hydrogens (tertiary/aromatic N) is 4. The van der Waals surface area contributed by atoms with Crippen LogP contribution in [0.15, 0.2) is 48.5 Å². The summed E-state index contributed by atoms with van der Waals surface area (Å²) in [5.41, 5.74) is -0.673. The number of nitrogens with one attached hydrogen (secondary N) is 1. The third-order valence-corrected chi connectivity index (χ3v) is 4.40. The van der Waals surface area contributed by atoms with Gasteiger partial charge in [0.05, 0.1) is 16.3 Å². The smallest absolute Gasteiger partial charge is 0.416 e. The van der Waals surface area contributed by atoms with Gasteiger partial charge in [0, 0.05) is 0 Å². The SMILES string of the molecule is Cc1nnnn1C(=Cc1ccccc1)C(=O)OCC(=O)Nc1cc(C(F)(F)F)ccc1Cl. The molecule has 3 rings (SSSR count). The van der Waals surface area contributed by atoms with Crippen molar-refractivity contribution < 1.29 is 27.5 Å². The van der Waals surface area contributed by atoms with Crippen LogP contribution in [0.2, 0.25) is 5.02 Å². The van der Waals surface area contributed by atoms with Gasteiger partial charge in [0.2, 0.25) is 0 Å². The number of rotatable bonds is 6. The molecule has 0 saturated carbocycles. The van der Waals surface area contributed by atoms with Gasteiger partial charge in [-0.05, 0) is 47.2 Å². The molecule has 1 N–H and O–H groups in total. The lowest BCUT2D eigenvalue weighted by molar-refractivity contribution is -0.141. The van der Waals surface area contributed by atoms with E-state index in [-0.39, 0.29) is 16.4 Å². The van der Waals surface area contributed by atoms with Crippen molar-refractivity contribution in [2.45, 2.75) is 13.1 Å². The number of amides is 1. The lowest BCUT2D eigenvalue weighted by atomic mass is 10.2. The van der Waals surface area contributed by atoms with Crippen LogP contribution < -0.4 is 5.32 Å². The molecule has 166 valence electrons. The van der Waals surface area contributed by atoms with E-state index in [1.165, 1.54) is 6.08 Å². The Kier molecular flexibility index (Phi) is 6.89. The monoisotopic (exact) mass is 465 g/mol. The molecule has 1 heterocycles. The van der Waals surface area contributed by atoms with Crippen molar-refractivity contribution in [3.63, 3.8) is 0 Å². The van der Waals surface area contributed by atoms with Gasteiger partial charge in [0.25, 0.3) is 5.91 Å². The molecule has 0 bridgehead atoms. The van der Waals surface area contributed by atoms with Crippen LogP contribution in [0.5, 0.6) is 0 Å². The normalized spacial score (nSPS) is 11.8. The van der Waals surface area contributed by atoms with E-state index in [4.69, 9.17) is 16.3 Å². The zero-order valence-electron chi connectivity index (χ0n) is 16.4. The second kappa shape index (κ2) is 9.60. The molecule has 1 amide bonds. The summed E-state index contributed by atoms with van der Waals surface area (Å²) in [6, 6.07) is 11.3. The molecule has 0 aliphatic rings. The van der Waals surface area contributed by atoms with Crippen LogP contribution in [0.1, 0.15) is 17.0 Å². The Morgan fingerprint density at radius 1 is 1.19 bits per heavy atom. The summed E-state index contributed by atoms with van der Waals surface area (Å²) in [5, 5.41) is 13.0. The highest BCUT2D eigenvalue weighted by Crippen LogP contribution is 2.33. The number of esters is 1. The number of anilines is 1. The van der Waals surface area contributed by atoms with Gasteiger partial charge in [-0.15, -0.1) is 5.10 Å². The summed E-state index contributed by atoms with van der Waals surface area (Å²) in [6.07, 6.45) is -3.15. The van der Waals surface area contributed by atoms with Gasteiger partial charge in [-0.2, -0.15) is 17.9 Å². The molecule has 1 aromatic heterocycles. The molecule has 0 aliphatic heterocycles. The van der Waals surface area contributed by atoms with E-state index < -0.39 is 30.2 Å². The Bertz CT molecular complexity index is 1160. The summed E-state index contributed by atoms with van der Waals surface area (Å²) in [5.74, 6) is -1.51. The van der Waals surface area contributed by atoms with Crippen LogP contribution in [0.25, 0.3) is 11.8 Å². The molecule has 0 fully saturated rings. The number of tetrazole rings is 1. The molecule has 0 atom stereocenters. The number of alkyl halides is 3. The van der Waals surface area contributed by atoms with Crippen LogP contribution in [0, 0.1) is 6.92 Å². The molecule has 0 spiro atoms. The minimum Gasteiger partial charge on any atom is -0.451 e. The van der Waals surface area contributed by atoms with Crippen molar-refractivity contribution in [3.05, 3.63) is 70.5 Å². The fourth-order valence-electron chi connectivity index (χ4n) is 2.56. The van der Waals surface area contributed by atoms with Gasteiger partial charge in [-0.3, -0.25) is 4.79 Å². The first-order valence-electron chi connectivity index (χ1n) is 9.01. The predicted molar refractivity (Wildman–Crippen MR) is 109 cm³/mol. The van der Waals surface area contributed by atoms with Crippen molar-refractivity contribution in [2.75, 3.05) is 11.9 Å². The predicted octanol–water partition coefficient (Wildman–Crippen LogP) is 3.83. The zero-order chi connectivity index (χ0) is 23.3. The lowest BCUT2D eigenvalue weighted by Crippen LogP contribution is -2.23. The van der Waals surface area contributed by atoms with Crippen LogP contribution in [-0.2, 0) is 20.5 Å². The largest absolute Gasteiger partial charge is 0.451 e. The van der Waals surface area contributed by atoms with Crippen molar-refractivity contribution in [1.29, 1.82) is 0 Å². The first kappa shape index (κ1) is 22.9. The highest BCUT2D eigenvalue weighted by molar-refractivity contribution is 6.33. The number of carbonyl (C=O) groups excluding carboxylic acids is 2. The Hall–Kier alpha value is -3.73. The van der Waals surface area contributed by atoms with E-state index in [9.17, 15) is 22.8 Å². The number of carbonyl (C=O) groups is 2. The molecular weight excluding hydrogens is 451 g/mol. The van der Waals surface area contributed by atoms with Crippen LogP contribution in [-0.4, -0.2) is 38.7 Å². The fraction of sp³-hybridized carbons (Fsp3) is 0.150. The standard InChI is InChI=1S/C20H15ClF3N5O3/c1-12-26-27-28-29(12)17(9-13-5-3-2-4-6-13)19(31)32-11-18(30)25-16-10-14(20(22,23)24)7-8-15(16)21/h2-10H,11H2,1H3,(H,25,30). The van der Waals surface area contributed by atoms with E-state index >= 15 is 0 Å². The van der Waals surface area contributed by atoms with E-state index in [1.54, 1.807) is 37.3 Å². The molecule has 12 heteroatoms. The second-order valence-electron chi connectivity index (χ2n) is 6.39. The fourth-order valence-corrected chi connectivity index (χ4v) is 2.72. The topological polar surface area (TPSA) is 99.0 Å². The van der Waals surface area contributed by atoms with E-state index in [2.05, 4.69) is 20.8 Å². The average Bonchev–Trinajstić information content (AvgIpc) is 3.17. The quantitative estimate of drug-likeness (QED) is 0.439. The number of aromatic nitrogens is 4. The zero-order valence-corrected chi connectivity index (χ0v) is 17.2. The maximum Gasteiger partial charge on any atom is 0.416 e. The van der Waals surface area contributed by atoms with Crippen molar-refractivity contribution in [2.24, 2.45) is 0 Å². The maximum absolute atomic E-state index is 12.9. The first-order valence-corrected chi connectivity index (χ1v) is 9.39. The summed E-state index contributed by atoms with van der Waals surface area (Å²) in [6.45, 7) is 0.785. The van der Waals surface area contributed by atoms with Gasteiger partial charge >= 0.3 is 12.1 Å². The number of ether oxygens (including phenoxy) is 1. The third kappa shape index (κ3) is 5.70. The maximum atomic E-state index is 12.9. The molecule has 8 nitrogen and oxygen atoms in total. The second-order valence-corrected chi connectivity index (χ2v) is 6.80. The van der Waals surface area contributed by atoms with Crippen LogP contribution in [0.3, 0.4) is 0 Å². The molecule has 0 aliphatic carbocycles. The number of aryl methyl sites for hydroxylation is 1. The molecular formula is C20H15ClF3N5O3. The van der Waals surface area contributed by atoms with E-state index in [1.807, 2.05) is 0 Å². The van der Waals surface area contributed by atoms with Crippen molar-refractivity contribution in [3.8, 4) is 0 Å². The summed E-state index contributed by atoms with van der Waals surface area (Å²) >= 11 is 5.85. The van der Waals surface area contributed by atoms with Gasteiger partial charge in [0.15, 0.2) is 18.1 Å². The van der Waals surface area contributed by atoms with E-state index in [0.717, 1.165) is 16.8 Å². The minimum absolute atomic E-state index is 0.0661. The number of halogens is 4. The molecule has 0 saturated heterocycles. The summed E-state index contributed by atoms with van der Waals surface area (Å²) in [7, 11) is 0. The molecule has 2 aromatic carbocycles. The molecule has 0 radical (unpaired) electrons. The minimum atomic E-state index is -4.61. The van der Waals surface area contributed by atoms with Gasteiger partial charge < -0.3 is 10.1 Å². The highest BCUT2D eigenvalue weighted by atomic mass is 35.5. The highest BCUT2D eigenvalue weighted by Gasteiger charge is 2.31. The number of hydrogen-bond donors (Lipinski definition) is 1. The number of benzene rings is 2. The third-order valence-electron chi connectivity index (χ3n) is 4.07. The summed E-state index contributed by atoms with van der Waals surface area (Å²) < 4.78 is 44.8. The number of hydrogen-bond acceptors (Lipinski definition) is 6. The van der Waals surface area contributed by atoms with Gasteiger partial charge in [-0.1, -0.05) is 41.9 Å². The van der Waals surface area contributed by atoms with Gasteiger partial charge in [0.1, 0.15) is 0 Å². The Morgan fingerprint density at radius 3 is 2.53 bits per heavy atom. The van der Waals surface area contributed by atoms with E-state index in [0.29, 0.717) is 17.5 Å².